The van der Waals surface area contributed by atoms with Crippen molar-refractivity contribution >= 4 is 32.3 Å². The second-order valence-corrected chi connectivity index (χ2v) is 16.4. The normalized spacial score (nSPS) is 11.9. The number of fused-ring (bicyclic) bond motifs is 9. The number of rotatable bonds is 6. The van der Waals surface area contributed by atoms with Crippen molar-refractivity contribution in [1.29, 1.82) is 0 Å². The van der Waals surface area contributed by atoms with E-state index in [2.05, 4.69) is 231 Å². The molecular formula is C61H40. The fourth-order valence-corrected chi connectivity index (χ4v) is 9.85. The molecule has 0 bridgehead atoms. The molecule has 0 radical (unpaired) electrons. The molecule has 0 aliphatic heterocycles. The zero-order valence-corrected chi connectivity index (χ0v) is 33.6. The van der Waals surface area contributed by atoms with Crippen LogP contribution < -0.4 is 0 Å². The van der Waals surface area contributed by atoms with Gasteiger partial charge in [0.15, 0.2) is 0 Å². The van der Waals surface area contributed by atoms with Crippen LogP contribution in [0.4, 0.5) is 0 Å². The van der Waals surface area contributed by atoms with Crippen LogP contribution in [0.5, 0.6) is 0 Å². The molecule has 1 aliphatic carbocycles. The van der Waals surface area contributed by atoms with Crippen molar-refractivity contribution in [3.05, 3.63) is 242 Å². The Hall–Kier alpha value is -7.80. The molecule has 0 saturated heterocycles. The van der Waals surface area contributed by atoms with Gasteiger partial charge in [-0.15, -0.1) is 0 Å². The molecule has 0 nitrogen and oxygen atoms in total. The summed E-state index contributed by atoms with van der Waals surface area (Å²) in [5.74, 6) is 0. The highest BCUT2D eigenvalue weighted by Gasteiger charge is 2.23. The first-order chi connectivity index (χ1) is 30.2. The van der Waals surface area contributed by atoms with Crippen molar-refractivity contribution in [3.63, 3.8) is 0 Å². The average Bonchev–Trinajstić information content (AvgIpc) is 3.73. The van der Waals surface area contributed by atoms with Crippen LogP contribution in [0.15, 0.2) is 231 Å². The summed E-state index contributed by atoms with van der Waals surface area (Å²) < 4.78 is 0. The Balaban J connectivity index is 0.931. The van der Waals surface area contributed by atoms with Gasteiger partial charge in [0.05, 0.1) is 0 Å². The van der Waals surface area contributed by atoms with Gasteiger partial charge in [-0.05, 0) is 164 Å². The van der Waals surface area contributed by atoms with Crippen molar-refractivity contribution in [1.82, 2.24) is 0 Å². The van der Waals surface area contributed by atoms with Crippen LogP contribution in [0.2, 0.25) is 0 Å². The van der Waals surface area contributed by atoms with Crippen LogP contribution in [0.1, 0.15) is 11.1 Å². The Morgan fingerprint density at radius 2 is 0.590 bits per heavy atom. The summed E-state index contributed by atoms with van der Waals surface area (Å²) in [7, 11) is 0. The first kappa shape index (κ1) is 35.2. The number of benzene rings is 11. The molecule has 0 saturated carbocycles. The molecule has 0 atom stereocenters. The van der Waals surface area contributed by atoms with Crippen molar-refractivity contribution < 1.29 is 0 Å². The molecule has 1 aliphatic rings. The predicted molar refractivity (Wildman–Crippen MR) is 260 cm³/mol. The van der Waals surface area contributed by atoms with E-state index in [9.17, 15) is 0 Å². The lowest BCUT2D eigenvalue weighted by Crippen LogP contribution is -1.92. The Labute approximate surface area is 356 Å². The van der Waals surface area contributed by atoms with Crippen LogP contribution in [-0.4, -0.2) is 0 Å². The quantitative estimate of drug-likeness (QED) is 0.148. The molecule has 0 N–H and O–H groups in total. The van der Waals surface area contributed by atoms with Crippen LogP contribution in [0, 0.1) is 0 Å². The van der Waals surface area contributed by atoms with Gasteiger partial charge < -0.3 is 0 Å². The molecule has 61 heavy (non-hydrogen) atoms. The van der Waals surface area contributed by atoms with Gasteiger partial charge in [-0.1, -0.05) is 194 Å². The molecule has 0 amide bonds. The average molecular weight is 773 g/mol. The van der Waals surface area contributed by atoms with E-state index in [4.69, 9.17) is 0 Å². The first-order valence-corrected chi connectivity index (χ1v) is 21.3. The minimum atomic E-state index is 0.935. The third kappa shape index (κ3) is 6.15. The molecule has 284 valence electrons. The van der Waals surface area contributed by atoms with E-state index in [-0.39, 0.29) is 0 Å². The van der Waals surface area contributed by atoms with E-state index in [1.54, 1.807) is 0 Å². The summed E-state index contributed by atoms with van der Waals surface area (Å²) in [5, 5.41) is 7.78. The van der Waals surface area contributed by atoms with Crippen molar-refractivity contribution in [3.8, 4) is 77.9 Å². The highest BCUT2D eigenvalue weighted by atomic mass is 14.3. The molecule has 0 unspecified atom stereocenters. The number of hydrogen-bond acceptors (Lipinski definition) is 0. The zero-order chi connectivity index (χ0) is 40.3. The molecule has 12 rings (SSSR count). The lowest BCUT2D eigenvalue weighted by molar-refractivity contribution is 1.26. The molecule has 0 aromatic heterocycles. The van der Waals surface area contributed by atoms with Gasteiger partial charge in [-0.2, -0.15) is 0 Å². The second-order valence-electron chi connectivity index (χ2n) is 16.4. The summed E-state index contributed by atoms with van der Waals surface area (Å²) in [6.45, 7) is 0. The predicted octanol–water partition coefficient (Wildman–Crippen LogP) is 16.7. The number of hydrogen-bond donors (Lipinski definition) is 0. The summed E-state index contributed by atoms with van der Waals surface area (Å²) in [6, 6.07) is 85.2. The monoisotopic (exact) mass is 772 g/mol. The zero-order valence-electron chi connectivity index (χ0n) is 33.6. The highest BCUT2D eigenvalue weighted by molar-refractivity contribution is 6.25. The highest BCUT2D eigenvalue weighted by Crippen LogP contribution is 2.45. The van der Waals surface area contributed by atoms with Crippen LogP contribution in [0.3, 0.4) is 0 Å². The van der Waals surface area contributed by atoms with E-state index in [1.165, 1.54) is 121 Å². The van der Waals surface area contributed by atoms with E-state index in [0.29, 0.717) is 0 Å². The Morgan fingerprint density at radius 3 is 1.23 bits per heavy atom. The Morgan fingerprint density at radius 1 is 0.197 bits per heavy atom. The van der Waals surface area contributed by atoms with Gasteiger partial charge in [0, 0.05) is 0 Å². The third-order valence-electron chi connectivity index (χ3n) is 12.9. The van der Waals surface area contributed by atoms with Crippen LogP contribution >= 0.6 is 0 Å². The standard InChI is InChI=1S/C61H40/c1-2-13-40(14-3-1)41-27-29-42(30-28-41)43-16-12-21-49(35-43)58-38-51(39-59-52-22-5-4-15-50(52)37-61(58)59)47-20-11-18-45(34-47)44-17-10-19-46(33-44)48-31-32-57-55-25-7-6-23-53(55)54-24-8-9-26-56(54)60(57)36-48/h1-36,38-39H,37H2. The third-order valence-corrected chi connectivity index (χ3v) is 12.9. The van der Waals surface area contributed by atoms with Crippen LogP contribution in [0.25, 0.3) is 110 Å². The molecule has 0 heteroatoms. The Kier molecular flexibility index (Phi) is 8.35. The Bertz CT molecular complexity index is 3440. The molecular weight excluding hydrogens is 733 g/mol. The largest absolute Gasteiger partial charge is 0.0622 e. The second kappa shape index (κ2) is 14.5. The summed E-state index contributed by atoms with van der Waals surface area (Å²) in [4.78, 5) is 0. The van der Waals surface area contributed by atoms with E-state index < -0.39 is 0 Å². The molecule has 0 spiro atoms. The first-order valence-electron chi connectivity index (χ1n) is 21.3. The van der Waals surface area contributed by atoms with Gasteiger partial charge in [-0.3, -0.25) is 0 Å². The molecule has 11 aromatic carbocycles. The fraction of sp³-hybridized carbons (Fsp3) is 0.0164. The lowest BCUT2D eigenvalue weighted by atomic mass is 9.88. The van der Waals surface area contributed by atoms with Crippen molar-refractivity contribution in [2.45, 2.75) is 6.42 Å². The molecule has 11 aromatic rings. The molecule has 0 heterocycles. The fourth-order valence-electron chi connectivity index (χ4n) is 9.85. The van der Waals surface area contributed by atoms with Crippen molar-refractivity contribution in [2.24, 2.45) is 0 Å². The maximum absolute atomic E-state index is 2.43. The van der Waals surface area contributed by atoms with E-state index >= 15 is 0 Å². The van der Waals surface area contributed by atoms with Crippen LogP contribution in [-0.2, 0) is 6.42 Å². The van der Waals surface area contributed by atoms with Gasteiger partial charge in [0.1, 0.15) is 0 Å². The molecule has 0 fully saturated rings. The topological polar surface area (TPSA) is 0 Å². The minimum Gasteiger partial charge on any atom is -0.0622 e. The summed E-state index contributed by atoms with van der Waals surface area (Å²) >= 11 is 0. The maximum atomic E-state index is 2.43. The van der Waals surface area contributed by atoms with E-state index in [1.807, 2.05) is 0 Å². The van der Waals surface area contributed by atoms with Gasteiger partial charge in [0.25, 0.3) is 0 Å². The van der Waals surface area contributed by atoms with Crippen molar-refractivity contribution in [2.75, 3.05) is 0 Å². The smallest absolute Gasteiger partial charge is 0.000728 e. The summed E-state index contributed by atoms with van der Waals surface area (Å²) in [5.41, 5.74) is 20.2. The SMILES string of the molecule is c1ccc(-c2ccc(-c3cccc(-c4cc(-c5cccc(-c6cccc(-c7ccc8c9ccccc9c9ccccc9c8c7)c6)c5)cc5c4Cc4ccccc4-5)c3)cc2)cc1. The lowest BCUT2D eigenvalue weighted by Gasteiger charge is -2.15. The van der Waals surface area contributed by atoms with Gasteiger partial charge >= 0.3 is 0 Å². The van der Waals surface area contributed by atoms with E-state index in [0.717, 1.165) is 6.42 Å². The summed E-state index contributed by atoms with van der Waals surface area (Å²) in [6.07, 6.45) is 0.935. The van der Waals surface area contributed by atoms with Gasteiger partial charge in [-0.25, -0.2) is 0 Å². The maximum Gasteiger partial charge on any atom is -0.000728 e. The van der Waals surface area contributed by atoms with Gasteiger partial charge in [0.2, 0.25) is 0 Å². The minimum absolute atomic E-state index is 0.935.